The third-order valence-corrected chi connectivity index (χ3v) is 3.59. The summed E-state index contributed by atoms with van der Waals surface area (Å²) in [7, 11) is -4.76. The highest BCUT2D eigenvalue weighted by Gasteiger charge is 2.50. The second-order valence-corrected chi connectivity index (χ2v) is 5.93. The number of pyridine rings is 1. The molecule has 1 aromatic heterocycles. The van der Waals surface area contributed by atoms with E-state index in [9.17, 15) is 18.9 Å². The Labute approximate surface area is 124 Å². The van der Waals surface area contributed by atoms with Crippen LogP contribution in [0.3, 0.4) is 0 Å². The quantitative estimate of drug-likeness (QED) is 0.389. The van der Waals surface area contributed by atoms with Gasteiger partial charge in [0.05, 0.1) is 6.61 Å². The Morgan fingerprint density at radius 3 is 2.82 bits per heavy atom. The number of nitrogens with zero attached hydrogens (tertiary/aromatic N) is 1. The summed E-state index contributed by atoms with van der Waals surface area (Å²) in [5.74, 6) is -0.718. The number of phosphoric ester groups is 1. The molecule has 1 unspecified atom stereocenters. The number of halogens is 1. The fraction of sp³-hybridized carbons (Fsp3) is 0.455. The Balaban J connectivity index is 2.14. The maximum absolute atomic E-state index is 14.1. The average molecular weight is 337 g/mol. The van der Waals surface area contributed by atoms with Crippen LogP contribution in [0.25, 0.3) is 0 Å². The molecule has 11 heteroatoms. The number of hydrogen-bond donors (Lipinski definition) is 4. The maximum atomic E-state index is 14.1. The zero-order valence-corrected chi connectivity index (χ0v) is 12.0. The number of ether oxygens (including phenoxy) is 1. The van der Waals surface area contributed by atoms with Crippen LogP contribution in [-0.2, 0) is 13.8 Å². The minimum atomic E-state index is -4.76. The van der Waals surface area contributed by atoms with Crippen LogP contribution in [0.1, 0.15) is 16.6 Å². The minimum Gasteiger partial charge on any atom is -0.387 e. The SMILES string of the molecule is NC(=O)c1ccc[n+]([C@@H]2O[C@H](COP(=O)(O)O)C(O)[C@H]2F)c1. The van der Waals surface area contributed by atoms with Crippen LogP contribution in [0.15, 0.2) is 24.5 Å². The van der Waals surface area contributed by atoms with Crippen LogP contribution in [-0.4, -0.2) is 45.8 Å². The van der Waals surface area contributed by atoms with E-state index in [0.717, 1.165) is 0 Å². The first-order valence-electron chi connectivity index (χ1n) is 6.17. The molecule has 9 nitrogen and oxygen atoms in total. The van der Waals surface area contributed by atoms with Crippen molar-refractivity contribution >= 4 is 13.7 Å². The molecule has 1 aromatic rings. The van der Waals surface area contributed by atoms with Crippen LogP contribution in [0.4, 0.5) is 4.39 Å². The van der Waals surface area contributed by atoms with Gasteiger partial charge >= 0.3 is 7.82 Å². The predicted octanol–water partition coefficient (Wildman–Crippen LogP) is -1.22. The largest absolute Gasteiger partial charge is 0.469 e. The summed E-state index contributed by atoms with van der Waals surface area (Å²) in [6, 6.07) is 2.87. The molecule has 0 aliphatic carbocycles. The predicted molar refractivity (Wildman–Crippen MR) is 68.0 cm³/mol. The molecule has 4 atom stereocenters. The number of hydrogen-bond acceptors (Lipinski definition) is 5. The summed E-state index contributed by atoms with van der Waals surface area (Å²) >= 11 is 0. The van der Waals surface area contributed by atoms with Crippen molar-refractivity contribution in [3.63, 3.8) is 0 Å². The summed E-state index contributed by atoms with van der Waals surface area (Å²) in [6.45, 7) is -0.682. The number of rotatable bonds is 5. The maximum Gasteiger partial charge on any atom is 0.469 e. The highest BCUT2D eigenvalue weighted by molar-refractivity contribution is 7.46. The molecule has 0 bridgehead atoms. The monoisotopic (exact) mass is 337 g/mol. The minimum absolute atomic E-state index is 0.114. The van der Waals surface area contributed by atoms with Gasteiger partial charge in [-0.15, -0.1) is 0 Å². The molecular weight excluding hydrogens is 322 g/mol. The van der Waals surface area contributed by atoms with Crippen molar-refractivity contribution in [2.75, 3.05) is 6.61 Å². The first-order chi connectivity index (χ1) is 10.2. The van der Waals surface area contributed by atoms with Crippen molar-refractivity contribution in [1.29, 1.82) is 0 Å². The van der Waals surface area contributed by atoms with Crippen molar-refractivity contribution in [2.24, 2.45) is 5.73 Å². The molecule has 0 saturated carbocycles. The molecule has 5 N–H and O–H groups in total. The number of phosphoric acid groups is 1. The van der Waals surface area contributed by atoms with Gasteiger partial charge in [0.2, 0.25) is 6.17 Å². The topological polar surface area (TPSA) is 143 Å². The lowest BCUT2D eigenvalue weighted by Crippen LogP contribution is -2.45. The fourth-order valence-electron chi connectivity index (χ4n) is 2.05. The Kier molecular flexibility index (Phi) is 4.90. The van der Waals surface area contributed by atoms with Crippen LogP contribution >= 0.6 is 7.82 Å². The van der Waals surface area contributed by atoms with E-state index < -0.39 is 44.9 Å². The van der Waals surface area contributed by atoms with Crippen LogP contribution < -0.4 is 10.3 Å². The first kappa shape index (κ1) is 16.9. The summed E-state index contributed by atoms with van der Waals surface area (Å²) in [5.41, 5.74) is 5.24. The number of primary amides is 1. The molecule has 1 amide bonds. The Morgan fingerprint density at radius 1 is 1.55 bits per heavy atom. The van der Waals surface area contributed by atoms with Crippen molar-refractivity contribution in [1.82, 2.24) is 0 Å². The smallest absolute Gasteiger partial charge is 0.387 e. The van der Waals surface area contributed by atoms with Crippen molar-refractivity contribution in [3.05, 3.63) is 30.1 Å². The highest BCUT2D eigenvalue weighted by Crippen LogP contribution is 2.38. The van der Waals surface area contributed by atoms with Crippen molar-refractivity contribution in [3.8, 4) is 0 Å². The van der Waals surface area contributed by atoms with E-state index in [1.807, 2.05) is 0 Å². The summed E-state index contributed by atoms with van der Waals surface area (Å²) in [6.07, 6.45) is -3.40. The van der Waals surface area contributed by atoms with E-state index >= 15 is 0 Å². The third-order valence-electron chi connectivity index (χ3n) is 3.10. The lowest BCUT2D eigenvalue weighted by atomic mass is 10.1. The van der Waals surface area contributed by atoms with Gasteiger partial charge in [0.25, 0.3) is 12.1 Å². The van der Waals surface area contributed by atoms with E-state index in [1.54, 1.807) is 0 Å². The van der Waals surface area contributed by atoms with Gasteiger partial charge in [0.1, 0.15) is 17.8 Å². The van der Waals surface area contributed by atoms with E-state index in [4.69, 9.17) is 20.3 Å². The van der Waals surface area contributed by atoms with Gasteiger partial charge in [0, 0.05) is 6.07 Å². The highest BCUT2D eigenvalue weighted by atomic mass is 31.2. The number of aromatic nitrogens is 1. The normalized spacial score (nSPS) is 28.7. The van der Waals surface area contributed by atoms with E-state index in [2.05, 4.69) is 4.52 Å². The third kappa shape index (κ3) is 3.86. The van der Waals surface area contributed by atoms with Crippen molar-refractivity contribution in [2.45, 2.75) is 24.6 Å². The number of amides is 1. The number of carbonyl (C=O) groups is 1. The second-order valence-electron chi connectivity index (χ2n) is 4.69. The van der Waals surface area contributed by atoms with Gasteiger partial charge in [-0.1, -0.05) is 0 Å². The lowest BCUT2D eigenvalue weighted by Gasteiger charge is -2.13. The fourth-order valence-corrected chi connectivity index (χ4v) is 2.39. The molecule has 1 saturated heterocycles. The van der Waals surface area contributed by atoms with Gasteiger partial charge in [-0.25, -0.2) is 8.96 Å². The van der Waals surface area contributed by atoms with E-state index in [1.165, 1.54) is 29.1 Å². The zero-order chi connectivity index (χ0) is 16.5. The molecule has 2 rings (SSSR count). The van der Waals surface area contributed by atoms with E-state index in [0.29, 0.717) is 0 Å². The molecule has 0 aromatic carbocycles. The van der Waals surface area contributed by atoms with Crippen molar-refractivity contribution < 1.29 is 42.5 Å². The number of aliphatic hydroxyl groups is 1. The second kappa shape index (κ2) is 6.37. The Bertz CT molecular complexity index is 610. The standard InChI is InChI=1S/C11H14FN2O7P/c12-8-9(15)7(5-20-22(17,18)19)21-11(8)14-3-1-2-6(4-14)10(13)16/h1-4,7-9,11,15H,5H2,(H3-,13,16,17,18,19)/p+1/t7-,8-,9?,11-/m1/s1. The molecule has 0 radical (unpaired) electrons. The molecule has 1 aliphatic heterocycles. The summed E-state index contributed by atoms with van der Waals surface area (Å²) in [4.78, 5) is 28.3. The first-order valence-corrected chi connectivity index (χ1v) is 7.70. The molecule has 1 fully saturated rings. The number of aliphatic hydroxyl groups excluding tert-OH is 1. The lowest BCUT2D eigenvalue weighted by molar-refractivity contribution is -0.764. The van der Waals surface area contributed by atoms with Crippen LogP contribution in [0.2, 0.25) is 0 Å². The Morgan fingerprint density at radius 2 is 2.23 bits per heavy atom. The molecule has 1 aliphatic rings. The molecule has 22 heavy (non-hydrogen) atoms. The number of carbonyl (C=O) groups excluding carboxylic acids is 1. The molecule has 122 valence electrons. The summed E-state index contributed by atoms with van der Waals surface area (Å²) < 4.78 is 35.4. The van der Waals surface area contributed by atoms with E-state index in [-0.39, 0.29) is 5.56 Å². The van der Waals surface area contributed by atoms with Gasteiger partial charge in [-0.2, -0.15) is 4.57 Å². The molecule has 0 spiro atoms. The average Bonchev–Trinajstić information content (AvgIpc) is 2.72. The Hall–Kier alpha value is -1.42. The van der Waals surface area contributed by atoms with Gasteiger partial charge in [-0.3, -0.25) is 9.32 Å². The zero-order valence-electron chi connectivity index (χ0n) is 11.2. The molecular formula is C11H15FN2O7P+. The van der Waals surface area contributed by atoms with Gasteiger partial charge in [0.15, 0.2) is 12.4 Å². The molecule has 2 heterocycles. The van der Waals surface area contributed by atoms with Gasteiger partial charge < -0.3 is 25.4 Å². The van der Waals surface area contributed by atoms with Crippen LogP contribution in [0.5, 0.6) is 0 Å². The van der Waals surface area contributed by atoms with Crippen LogP contribution in [0, 0.1) is 0 Å². The summed E-state index contributed by atoms with van der Waals surface area (Å²) in [5, 5.41) is 9.73. The number of alkyl halides is 1. The van der Waals surface area contributed by atoms with Gasteiger partial charge in [-0.05, 0) is 6.07 Å². The number of nitrogens with two attached hydrogens (primary N) is 1.